The number of nitrogens with zero attached hydrogens (tertiary/aromatic N) is 1. The summed E-state index contributed by atoms with van der Waals surface area (Å²) in [6.07, 6.45) is 0.422. The minimum atomic E-state index is -0.0832. The third-order valence-electron chi connectivity index (χ3n) is 2.78. The summed E-state index contributed by atoms with van der Waals surface area (Å²) >= 11 is 6.05. The van der Waals surface area contributed by atoms with Crippen LogP contribution in [0, 0.1) is 0 Å². The van der Waals surface area contributed by atoms with Crippen molar-refractivity contribution < 1.29 is 4.79 Å². The average Bonchev–Trinajstić information content (AvgIpc) is 2.56. The van der Waals surface area contributed by atoms with Gasteiger partial charge in [-0.1, -0.05) is 12.1 Å². The van der Waals surface area contributed by atoms with Gasteiger partial charge in [-0.3, -0.25) is 4.79 Å². The Morgan fingerprint density at radius 2 is 2.00 bits per heavy atom. The van der Waals surface area contributed by atoms with E-state index in [2.05, 4.69) is 26.1 Å². The minimum Gasteiger partial charge on any atom is -0.379 e. The molecule has 0 aromatic heterocycles. The van der Waals surface area contributed by atoms with Gasteiger partial charge in [0.15, 0.2) is 0 Å². The predicted octanol–water partition coefficient (Wildman–Crippen LogP) is 3.24. The third-order valence-corrected chi connectivity index (χ3v) is 3.07. The van der Waals surface area contributed by atoms with Gasteiger partial charge in [-0.25, -0.2) is 0 Å². The maximum absolute atomic E-state index is 11.9. The zero-order valence-electron chi connectivity index (χ0n) is 11.0. The molecule has 0 spiro atoms. The molecule has 0 bridgehead atoms. The molecule has 1 aliphatic rings. The molecule has 4 heteroatoms. The number of rotatable bonds is 2. The fourth-order valence-electron chi connectivity index (χ4n) is 2.12. The molecule has 1 saturated heterocycles. The quantitative estimate of drug-likeness (QED) is 0.834. The standard InChI is InChI=1S/C14H19ClN2O/c1-14(2,3)16-11-6-4-5-7-12(11)17-9-10(15)8-13(17)18/h4-7,10,16H,8-9H2,1-3H3. The number of hydrogen-bond acceptors (Lipinski definition) is 2. The van der Waals surface area contributed by atoms with Crippen molar-refractivity contribution in [3.63, 3.8) is 0 Å². The molecule has 1 amide bonds. The van der Waals surface area contributed by atoms with Gasteiger partial charge in [0.1, 0.15) is 0 Å². The molecular weight excluding hydrogens is 248 g/mol. The van der Waals surface area contributed by atoms with Crippen LogP contribution in [0.15, 0.2) is 24.3 Å². The van der Waals surface area contributed by atoms with Crippen molar-refractivity contribution in [2.75, 3.05) is 16.8 Å². The van der Waals surface area contributed by atoms with Crippen molar-refractivity contribution in [3.8, 4) is 0 Å². The molecule has 1 aromatic rings. The van der Waals surface area contributed by atoms with Crippen LogP contribution < -0.4 is 10.2 Å². The van der Waals surface area contributed by atoms with Crippen LogP contribution in [0.25, 0.3) is 0 Å². The first-order valence-corrected chi connectivity index (χ1v) is 6.62. The van der Waals surface area contributed by atoms with Crippen LogP contribution in [-0.2, 0) is 4.79 Å². The van der Waals surface area contributed by atoms with E-state index in [0.717, 1.165) is 11.4 Å². The number of nitrogens with one attached hydrogen (secondary N) is 1. The Labute approximate surface area is 113 Å². The zero-order valence-corrected chi connectivity index (χ0v) is 11.8. The molecule has 1 N–H and O–H groups in total. The van der Waals surface area contributed by atoms with E-state index >= 15 is 0 Å². The molecule has 1 atom stereocenters. The van der Waals surface area contributed by atoms with E-state index in [0.29, 0.717) is 13.0 Å². The zero-order chi connectivity index (χ0) is 13.3. The van der Waals surface area contributed by atoms with Crippen molar-refractivity contribution in [3.05, 3.63) is 24.3 Å². The average molecular weight is 267 g/mol. The smallest absolute Gasteiger partial charge is 0.228 e. The molecule has 0 radical (unpaired) electrons. The van der Waals surface area contributed by atoms with Crippen LogP contribution in [0.3, 0.4) is 0 Å². The largest absolute Gasteiger partial charge is 0.379 e. The van der Waals surface area contributed by atoms with Gasteiger partial charge in [-0.2, -0.15) is 0 Å². The number of alkyl halides is 1. The highest BCUT2D eigenvalue weighted by Gasteiger charge is 2.30. The molecule has 18 heavy (non-hydrogen) atoms. The molecule has 1 aliphatic heterocycles. The van der Waals surface area contributed by atoms with E-state index in [9.17, 15) is 4.79 Å². The number of benzene rings is 1. The minimum absolute atomic E-state index is 0.0424. The Balaban J connectivity index is 2.30. The van der Waals surface area contributed by atoms with Crippen molar-refractivity contribution in [2.45, 2.75) is 38.1 Å². The first kappa shape index (κ1) is 13.2. The molecule has 98 valence electrons. The lowest BCUT2D eigenvalue weighted by atomic mass is 10.1. The van der Waals surface area contributed by atoms with Gasteiger partial charge < -0.3 is 10.2 Å². The van der Waals surface area contributed by atoms with Gasteiger partial charge in [0.25, 0.3) is 0 Å². The van der Waals surface area contributed by atoms with Crippen LogP contribution in [0.4, 0.5) is 11.4 Å². The van der Waals surface area contributed by atoms with Crippen molar-refractivity contribution in [1.29, 1.82) is 0 Å². The van der Waals surface area contributed by atoms with Gasteiger partial charge in [-0.15, -0.1) is 11.6 Å². The maximum atomic E-state index is 11.9. The molecule has 2 rings (SSSR count). The lowest BCUT2D eigenvalue weighted by Gasteiger charge is -2.27. The topological polar surface area (TPSA) is 32.3 Å². The Bertz CT molecular complexity index is 453. The number of anilines is 2. The summed E-state index contributed by atoms with van der Waals surface area (Å²) in [4.78, 5) is 13.7. The number of carbonyl (C=O) groups is 1. The van der Waals surface area contributed by atoms with Crippen molar-refractivity contribution in [2.24, 2.45) is 0 Å². The van der Waals surface area contributed by atoms with Gasteiger partial charge in [0.2, 0.25) is 5.91 Å². The number of hydrogen-bond donors (Lipinski definition) is 1. The van der Waals surface area contributed by atoms with Crippen LogP contribution >= 0.6 is 11.6 Å². The number of halogens is 1. The predicted molar refractivity (Wildman–Crippen MR) is 76.4 cm³/mol. The number of carbonyl (C=O) groups excluding carboxylic acids is 1. The molecule has 1 aromatic carbocycles. The van der Waals surface area contributed by atoms with E-state index in [1.807, 2.05) is 24.3 Å². The Morgan fingerprint density at radius 3 is 2.56 bits per heavy atom. The molecule has 3 nitrogen and oxygen atoms in total. The van der Waals surface area contributed by atoms with Crippen LogP contribution in [0.2, 0.25) is 0 Å². The van der Waals surface area contributed by atoms with E-state index in [1.165, 1.54) is 0 Å². The van der Waals surface area contributed by atoms with E-state index in [4.69, 9.17) is 11.6 Å². The lowest BCUT2D eigenvalue weighted by molar-refractivity contribution is -0.117. The highest BCUT2D eigenvalue weighted by atomic mass is 35.5. The first-order valence-electron chi connectivity index (χ1n) is 6.18. The number of para-hydroxylation sites is 2. The van der Waals surface area contributed by atoms with Gasteiger partial charge in [-0.05, 0) is 32.9 Å². The number of amides is 1. The summed E-state index contributed by atoms with van der Waals surface area (Å²) in [5.41, 5.74) is 1.85. The van der Waals surface area contributed by atoms with E-state index in [-0.39, 0.29) is 16.8 Å². The summed E-state index contributed by atoms with van der Waals surface area (Å²) in [5, 5.41) is 3.34. The molecular formula is C14H19ClN2O. The molecule has 1 fully saturated rings. The van der Waals surface area contributed by atoms with E-state index in [1.54, 1.807) is 4.90 Å². The second-order valence-electron chi connectivity index (χ2n) is 5.70. The Morgan fingerprint density at radius 1 is 1.33 bits per heavy atom. The van der Waals surface area contributed by atoms with E-state index < -0.39 is 0 Å². The summed E-state index contributed by atoms with van der Waals surface area (Å²) < 4.78 is 0. The second-order valence-corrected chi connectivity index (χ2v) is 6.32. The van der Waals surface area contributed by atoms with Crippen LogP contribution in [0.1, 0.15) is 27.2 Å². The van der Waals surface area contributed by atoms with Crippen molar-refractivity contribution in [1.82, 2.24) is 0 Å². The van der Waals surface area contributed by atoms with Gasteiger partial charge >= 0.3 is 0 Å². The maximum Gasteiger partial charge on any atom is 0.228 e. The summed E-state index contributed by atoms with van der Waals surface area (Å²) in [6.45, 7) is 6.88. The van der Waals surface area contributed by atoms with Gasteiger partial charge in [0, 0.05) is 18.5 Å². The highest BCUT2D eigenvalue weighted by Crippen LogP contribution is 2.32. The summed E-state index contributed by atoms with van der Waals surface area (Å²) in [7, 11) is 0. The molecule has 0 saturated carbocycles. The molecule has 1 unspecified atom stereocenters. The summed E-state index contributed by atoms with van der Waals surface area (Å²) in [5.74, 6) is 0.0955. The van der Waals surface area contributed by atoms with Crippen molar-refractivity contribution >= 4 is 28.9 Å². The Kier molecular flexibility index (Phi) is 3.53. The van der Waals surface area contributed by atoms with Gasteiger partial charge in [0.05, 0.1) is 16.8 Å². The van der Waals surface area contributed by atoms with Crippen LogP contribution in [0.5, 0.6) is 0 Å². The first-order chi connectivity index (χ1) is 8.37. The fraction of sp³-hybridized carbons (Fsp3) is 0.500. The highest BCUT2D eigenvalue weighted by molar-refractivity contribution is 6.24. The monoisotopic (exact) mass is 266 g/mol. The summed E-state index contributed by atoms with van der Waals surface area (Å²) in [6, 6.07) is 7.87. The fourth-order valence-corrected chi connectivity index (χ4v) is 2.39. The SMILES string of the molecule is CC(C)(C)Nc1ccccc1N1CC(Cl)CC1=O. The Hall–Kier alpha value is -1.22. The molecule has 0 aliphatic carbocycles. The van der Waals surface area contributed by atoms with Crippen LogP contribution in [-0.4, -0.2) is 23.4 Å². The lowest BCUT2D eigenvalue weighted by Crippen LogP contribution is -2.30. The normalized spacial score (nSPS) is 20.3. The molecule has 1 heterocycles. The second kappa shape index (κ2) is 4.81. The third kappa shape index (κ3) is 2.96.